The Morgan fingerprint density at radius 1 is 1.31 bits per heavy atom. The summed E-state index contributed by atoms with van der Waals surface area (Å²) in [6.45, 7) is 6.52. The van der Waals surface area contributed by atoms with E-state index in [0.717, 1.165) is 24.1 Å². The van der Waals surface area contributed by atoms with Gasteiger partial charge in [0, 0.05) is 6.54 Å². The van der Waals surface area contributed by atoms with Gasteiger partial charge in [0.15, 0.2) is 0 Å². The minimum Gasteiger partial charge on any atom is -0.388 e. The largest absolute Gasteiger partial charge is 0.388 e. The van der Waals surface area contributed by atoms with Gasteiger partial charge in [0.1, 0.15) is 0 Å². The molecule has 0 unspecified atom stereocenters. The number of rotatable bonds is 5. The van der Waals surface area contributed by atoms with Crippen LogP contribution in [0, 0.1) is 6.92 Å². The van der Waals surface area contributed by atoms with E-state index in [1.54, 1.807) is 0 Å². The van der Waals surface area contributed by atoms with E-state index in [9.17, 15) is 5.11 Å². The summed E-state index contributed by atoms with van der Waals surface area (Å²) < 4.78 is 0. The average Bonchev–Trinajstić information content (AvgIpc) is 2.28. The second-order valence-electron chi connectivity index (χ2n) is 4.22. The number of hydrogen-bond acceptors (Lipinski definition) is 2. The van der Waals surface area contributed by atoms with Crippen molar-refractivity contribution < 1.29 is 5.11 Å². The number of hydrogen-bond donors (Lipinski definition) is 2. The predicted octanol–water partition coefficient (Wildman–Crippen LogP) is 3.61. The maximum Gasteiger partial charge on any atom is 0.0814 e. The van der Waals surface area contributed by atoms with Gasteiger partial charge in [0.05, 0.1) is 16.3 Å². The Hall–Kier alpha value is -0.730. The van der Waals surface area contributed by atoms with Crippen molar-refractivity contribution in [1.82, 2.24) is 0 Å². The standard InChI is InChI=1S/C13H20ClNO/c1-4-13(16,5-2)9-15-12-10(3)7-6-8-11(12)14/h6-8,15-16H,4-5,9H2,1-3H3. The Morgan fingerprint density at radius 2 is 1.94 bits per heavy atom. The van der Waals surface area contributed by atoms with Gasteiger partial charge in [0.2, 0.25) is 0 Å². The van der Waals surface area contributed by atoms with E-state index in [0.29, 0.717) is 11.6 Å². The molecule has 0 saturated carbocycles. The van der Waals surface area contributed by atoms with Crippen molar-refractivity contribution in [3.63, 3.8) is 0 Å². The quantitative estimate of drug-likeness (QED) is 0.826. The van der Waals surface area contributed by atoms with Crippen LogP contribution in [0.25, 0.3) is 0 Å². The van der Waals surface area contributed by atoms with Crippen LogP contribution >= 0.6 is 11.6 Å². The van der Waals surface area contributed by atoms with Crippen LogP contribution in [-0.4, -0.2) is 17.3 Å². The second kappa shape index (κ2) is 5.55. The van der Waals surface area contributed by atoms with Crippen molar-refractivity contribution in [3.8, 4) is 0 Å². The highest BCUT2D eigenvalue weighted by atomic mass is 35.5. The van der Waals surface area contributed by atoms with E-state index in [4.69, 9.17) is 11.6 Å². The maximum atomic E-state index is 10.2. The SMILES string of the molecule is CCC(O)(CC)CNc1c(C)cccc1Cl. The topological polar surface area (TPSA) is 32.3 Å². The molecule has 0 amide bonds. The minimum absolute atomic E-state index is 0.532. The lowest BCUT2D eigenvalue weighted by Crippen LogP contribution is -2.35. The van der Waals surface area contributed by atoms with Gasteiger partial charge in [-0.05, 0) is 31.4 Å². The van der Waals surface area contributed by atoms with Crippen molar-refractivity contribution in [2.75, 3.05) is 11.9 Å². The van der Waals surface area contributed by atoms with Crippen LogP contribution in [0.4, 0.5) is 5.69 Å². The Morgan fingerprint density at radius 3 is 2.44 bits per heavy atom. The highest BCUT2D eigenvalue weighted by Gasteiger charge is 2.22. The summed E-state index contributed by atoms with van der Waals surface area (Å²) in [6.07, 6.45) is 1.47. The molecule has 0 spiro atoms. The molecule has 0 aliphatic heterocycles. The molecule has 0 aliphatic carbocycles. The summed E-state index contributed by atoms with van der Waals surface area (Å²) in [5.74, 6) is 0. The fourth-order valence-corrected chi connectivity index (χ4v) is 1.90. The monoisotopic (exact) mass is 241 g/mol. The first-order valence-electron chi connectivity index (χ1n) is 5.74. The fraction of sp³-hybridized carbons (Fsp3) is 0.538. The molecule has 0 aromatic heterocycles. The van der Waals surface area contributed by atoms with Crippen LogP contribution in [-0.2, 0) is 0 Å². The number of aliphatic hydroxyl groups is 1. The van der Waals surface area contributed by atoms with Gasteiger partial charge in [-0.3, -0.25) is 0 Å². The van der Waals surface area contributed by atoms with Crippen LogP contribution in [0.1, 0.15) is 32.3 Å². The Kier molecular flexibility index (Phi) is 4.63. The summed E-state index contributed by atoms with van der Waals surface area (Å²) in [4.78, 5) is 0. The van der Waals surface area contributed by atoms with Crippen molar-refractivity contribution in [3.05, 3.63) is 28.8 Å². The lowest BCUT2D eigenvalue weighted by Gasteiger charge is -2.26. The summed E-state index contributed by atoms with van der Waals surface area (Å²) >= 11 is 6.10. The molecular weight excluding hydrogens is 222 g/mol. The average molecular weight is 242 g/mol. The molecule has 0 fully saturated rings. The van der Waals surface area contributed by atoms with Gasteiger partial charge >= 0.3 is 0 Å². The molecular formula is C13H20ClNO. The number of benzene rings is 1. The molecule has 90 valence electrons. The van der Waals surface area contributed by atoms with Gasteiger partial charge in [-0.1, -0.05) is 37.6 Å². The normalized spacial score (nSPS) is 11.6. The minimum atomic E-state index is -0.647. The number of aryl methyl sites for hydroxylation is 1. The van der Waals surface area contributed by atoms with E-state index in [1.807, 2.05) is 39.0 Å². The third-order valence-electron chi connectivity index (χ3n) is 3.13. The Labute approximate surface area is 103 Å². The zero-order chi connectivity index (χ0) is 12.2. The zero-order valence-corrected chi connectivity index (χ0v) is 10.9. The van der Waals surface area contributed by atoms with E-state index >= 15 is 0 Å². The zero-order valence-electron chi connectivity index (χ0n) is 10.2. The van der Waals surface area contributed by atoms with Gasteiger partial charge < -0.3 is 10.4 Å². The van der Waals surface area contributed by atoms with Gasteiger partial charge in [-0.15, -0.1) is 0 Å². The summed E-state index contributed by atoms with van der Waals surface area (Å²) in [6, 6.07) is 5.79. The van der Waals surface area contributed by atoms with Crippen LogP contribution < -0.4 is 5.32 Å². The first-order chi connectivity index (χ1) is 7.52. The fourth-order valence-electron chi connectivity index (χ4n) is 1.61. The molecule has 1 aromatic rings. The van der Waals surface area contributed by atoms with Crippen LogP contribution in [0.5, 0.6) is 0 Å². The van der Waals surface area contributed by atoms with E-state index < -0.39 is 5.60 Å². The highest BCUT2D eigenvalue weighted by molar-refractivity contribution is 6.33. The van der Waals surface area contributed by atoms with Crippen molar-refractivity contribution in [2.24, 2.45) is 0 Å². The lowest BCUT2D eigenvalue weighted by molar-refractivity contribution is 0.0457. The maximum absolute atomic E-state index is 10.2. The van der Waals surface area contributed by atoms with E-state index in [1.165, 1.54) is 0 Å². The summed E-state index contributed by atoms with van der Waals surface area (Å²) in [5, 5.41) is 14.1. The first-order valence-corrected chi connectivity index (χ1v) is 6.11. The highest BCUT2D eigenvalue weighted by Crippen LogP contribution is 2.26. The molecule has 2 N–H and O–H groups in total. The van der Waals surface area contributed by atoms with E-state index in [-0.39, 0.29) is 0 Å². The summed E-state index contributed by atoms with van der Waals surface area (Å²) in [7, 11) is 0. The number of anilines is 1. The molecule has 1 aromatic carbocycles. The second-order valence-corrected chi connectivity index (χ2v) is 4.62. The first kappa shape index (κ1) is 13.3. The molecule has 0 bridgehead atoms. The van der Waals surface area contributed by atoms with E-state index in [2.05, 4.69) is 5.32 Å². The molecule has 0 heterocycles. The molecule has 0 radical (unpaired) electrons. The Balaban J connectivity index is 2.75. The van der Waals surface area contributed by atoms with Gasteiger partial charge in [-0.2, -0.15) is 0 Å². The Bertz CT molecular complexity index is 328. The van der Waals surface area contributed by atoms with Gasteiger partial charge in [0.25, 0.3) is 0 Å². The molecule has 3 heteroatoms. The van der Waals surface area contributed by atoms with Crippen LogP contribution in [0.15, 0.2) is 18.2 Å². The molecule has 1 rings (SSSR count). The van der Waals surface area contributed by atoms with Crippen LogP contribution in [0.2, 0.25) is 5.02 Å². The smallest absolute Gasteiger partial charge is 0.0814 e. The van der Waals surface area contributed by atoms with Crippen molar-refractivity contribution in [1.29, 1.82) is 0 Å². The van der Waals surface area contributed by atoms with Gasteiger partial charge in [-0.25, -0.2) is 0 Å². The van der Waals surface area contributed by atoms with Crippen molar-refractivity contribution in [2.45, 2.75) is 39.2 Å². The molecule has 0 atom stereocenters. The molecule has 2 nitrogen and oxygen atoms in total. The number of para-hydroxylation sites is 1. The molecule has 0 aliphatic rings. The number of halogens is 1. The molecule has 16 heavy (non-hydrogen) atoms. The number of nitrogens with one attached hydrogen (secondary N) is 1. The summed E-state index contributed by atoms with van der Waals surface area (Å²) in [5.41, 5.74) is 1.37. The van der Waals surface area contributed by atoms with Crippen LogP contribution in [0.3, 0.4) is 0 Å². The third-order valence-corrected chi connectivity index (χ3v) is 3.45. The van der Waals surface area contributed by atoms with Crippen molar-refractivity contribution >= 4 is 17.3 Å². The predicted molar refractivity (Wildman–Crippen MR) is 70.2 cm³/mol. The lowest BCUT2D eigenvalue weighted by atomic mass is 9.97. The third kappa shape index (κ3) is 3.13. The molecule has 0 saturated heterocycles.